The normalized spacial score (nSPS) is 19.4. The smallest absolute Gasteiger partial charge is 0.240 e. The zero-order valence-electron chi connectivity index (χ0n) is 23.2. The molecule has 2 aromatic heterocycles. The Balaban J connectivity index is 1.07. The molecule has 3 aromatic rings. The van der Waals surface area contributed by atoms with E-state index in [0.717, 1.165) is 25.7 Å². The van der Waals surface area contributed by atoms with Crippen molar-refractivity contribution in [3.63, 3.8) is 0 Å². The molecular weight excluding hydrogens is 562 g/mol. The largest absolute Gasteiger partial charge is 0.475 e. The summed E-state index contributed by atoms with van der Waals surface area (Å²) in [6.45, 7) is 4.31. The van der Waals surface area contributed by atoms with Gasteiger partial charge in [0.1, 0.15) is 18.2 Å². The molecule has 2 amide bonds. The van der Waals surface area contributed by atoms with Crippen LogP contribution < -0.4 is 20.1 Å². The second-order valence-electron chi connectivity index (χ2n) is 10.5. The number of halogens is 2. The van der Waals surface area contributed by atoms with Gasteiger partial charge in [0.2, 0.25) is 17.7 Å². The van der Waals surface area contributed by atoms with Crippen molar-refractivity contribution in [2.45, 2.75) is 25.4 Å². The molecule has 1 saturated carbocycles. The van der Waals surface area contributed by atoms with Crippen molar-refractivity contribution in [2.24, 2.45) is 5.41 Å². The average molecular weight is 593 g/mol. The minimum Gasteiger partial charge on any atom is -0.475 e. The molecule has 3 aliphatic rings. The number of rotatable bonds is 10. The van der Waals surface area contributed by atoms with Crippen LogP contribution >= 0.6 is 0 Å². The van der Waals surface area contributed by atoms with Gasteiger partial charge in [0.15, 0.2) is 28.5 Å². The number of amides is 2. The Labute approximate surface area is 245 Å². The number of nitrogens with one attached hydrogen (secondary N) is 2. The van der Waals surface area contributed by atoms with Gasteiger partial charge in [0.05, 0.1) is 19.4 Å². The number of alkyl halides is 1. The number of pyridine rings is 1. The van der Waals surface area contributed by atoms with Crippen LogP contribution in [0.4, 0.5) is 14.5 Å². The summed E-state index contributed by atoms with van der Waals surface area (Å²) < 4.78 is 45.3. The van der Waals surface area contributed by atoms with Gasteiger partial charge in [0.25, 0.3) is 0 Å². The first-order valence-electron chi connectivity index (χ1n) is 14.1. The van der Waals surface area contributed by atoms with Crippen molar-refractivity contribution in [2.75, 3.05) is 44.8 Å². The Morgan fingerprint density at radius 1 is 1.09 bits per heavy atom. The fourth-order valence-electron chi connectivity index (χ4n) is 4.79. The van der Waals surface area contributed by atoms with E-state index in [1.54, 1.807) is 12.1 Å². The summed E-state index contributed by atoms with van der Waals surface area (Å²) in [5.41, 5.74) is -0.0308. The maximum absolute atomic E-state index is 15.1. The zero-order valence-corrected chi connectivity index (χ0v) is 23.2. The number of fused-ring (bicyclic) bond motifs is 1. The Hall–Kier alpha value is -4.49. The summed E-state index contributed by atoms with van der Waals surface area (Å²) >= 11 is 0. The SMILES string of the molecule is O=C(NC1=CCC(F)C=C1)C1(C(=O)Nc2ccc(Oc3ccnc4nc(OCCN5CCOCC5)cnc34)c(F)c2)CC1. The molecule has 6 rings (SSSR count). The number of hydrogen-bond acceptors (Lipinski definition) is 9. The molecule has 11 nitrogen and oxygen atoms in total. The highest BCUT2D eigenvalue weighted by Gasteiger charge is 2.56. The number of ether oxygens (including phenoxy) is 3. The van der Waals surface area contributed by atoms with Crippen molar-refractivity contribution in [1.29, 1.82) is 0 Å². The molecule has 2 fully saturated rings. The standard InChI is InChI=1S/C30H30F2N6O5/c31-19-1-3-20(4-2-19)35-28(39)30(8-9-30)29(40)36-21-5-6-23(22(32)17-21)43-24-7-10-33-27-26(24)34-18-25(37-27)42-16-13-38-11-14-41-15-12-38/h1,3-7,10,17-19H,2,8-9,11-16H2,(H,35,39)(H,36,40). The van der Waals surface area contributed by atoms with Crippen LogP contribution in [0.15, 0.2) is 60.6 Å². The van der Waals surface area contributed by atoms with Crippen molar-refractivity contribution < 1.29 is 32.6 Å². The lowest BCUT2D eigenvalue weighted by Crippen LogP contribution is -2.39. The zero-order chi connectivity index (χ0) is 29.8. The van der Waals surface area contributed by atoms with E-state index < -0.39 is 29.2 Å². The minimum atomic E-state index is -1.26. The van der Waals surface area contributed by atoms with Crippen LogP contribution in [0, 0.1) is 11.2 Å². The number of carbonyl (C=O) groups excluding carboxylic acids is 2. The number of allylic oxidation sites excluding steroid dienone is 3. The number of morpholine rings is 1. The highest BCUT2D eigenvalue weighted by Crippen LogP contribution is 2.47. The molecule has 1 unspecified atom stereocenters. The van der Waals surface area contributed by atoms with Gasteiger partial charge in [-0.05, 0) is 37.1 Å². The Kier molecular flexibility index (Phi) is 8.25. The van der Waals surface area contributed by atoms with Gasteiger partial charge in [-0.1, -0.05) is 6.08 Å². The molecule has 0 bridgehead atoms. The molecule has 2 N–H and O–H groups in total. The van der Waals surface area contributed by atoms with E-state index in [9.17, 15) is 14.0 Å². The number of anilines is 1. The van der Waals surface area contributed by atoms with Crippen molar-refractivity contribution >= 4 is 28.7 Å². The fraction of sp³-hybridized carbons (Fsp3) is 0.367. The number of nitrogens with zero attached hydrogens (tertiary/aromatic N) is 4. The summed E-state index contributed by atoms with van der Waals surface area (Å²) in [6, 6.07) is 5.52. The van der Waals surface area contributed by atoms with Crippen LogP contribution in [0.5, 0.6) is 17.4 Å². The quantitative estimate of drug-likeness (QED) is 0.339. The monoisotopic (exact) mass is 592 g/mol. The van der Waals surface area contributed by atoms with E-state index in [1.807, 2.05) is 0 Å². The van der Waals surface area contributed by atoms with Gasteiger partial charge in [-0.2, -0.15) is 4.98 Å². The lowest BCUT2D eigenvalue weighted by Gasteiger charge is -2.26. The molecule has 0 radical (unpaired) electrons. The van der Waals surface area contributed by atoms with Crippen molar-refractivity contribution in [3.8, 4) is 17.4 Å². The third-order valence-corrected chi connectivity index (χ3v) is 7.48. The number of benzene rings is 1. The Morgan fingerprint density at radius 3 is 2.65 bits per heavy atom. The van der Waals surface area contributed by atoms with Crippen LogP contribution in [0.1, 0.15) is 19.3 Å². The van der Waals surface area contributed by atoms with E-state index in [0.29, 0.717) is 49.8 Å². The minimum absolute atomic E-state index is 0.0980. The summed E-state index contributed by atoms with van der Waals surface area (Å²) in [7, 11) is 0. The topological polar surface area (TPSA) is 128 Å². The van der Waals surface area contributed by atoms with Crippen LogP contribution in [-0.4, -0.2) is 77.3 Å². The van der Waals surface area contributed by atoms with Gasteiger partial charge < -0.3 is 24.8 Å². The van der Waals surface area contributed by atoms with E-state index in [1.165, 1.54) is 36.7 Å². The van der Waals surface area contributed by atoms with Crippen molar-refractivity contribution in [3.05, 3.63) is 66.4 Å². The van der Waals surface area contributed by atoms with Crippen LogP contribution in [0.25, 0.3) is 11.2 Å². The van der Waals surface area contributed by atoms with Crippen LogP contribution in [0.3, 0.4) is 0 Å². The van der Waals surface area contributed by atoms with E-state index in [2.05, 4.69) is 30.5 Å². The second-order valence-corrected chi connectivity index (χ2v) is 10.5. The first-order valence-corrected chi connectivity index (χ1v) is 14.1. The summed E-state index contributed by atoms with van der Waals surface area (Å²) in [5, 5.41) is 5.31. The number of hydrogen-bond donors (Lipinski definition) is 2. The summed E-state index contributed by atoms with van der Waals surface area (Å²) in [4.78, 5) is 41.0. The predicted octanol–water partition coefficient (Wildman–Crippen LogP) is 3.68. The maximum atomic E-state index is 15.1. The highest BCUT2D eigenvalue weighted by molar-refractivity contribution is 6.13. The van der Waals surface area contributed by atoms with Crippen LogP contribution in [-0.2, 0) is 14.3 Å². The van der Waals surface area contributed by atoms with Gasteiger partial charge in [-0.15, -0.1) is 0 Å². The first-order chi connectivity index (χ1) is 20.9. The van der Waals surface area contributed by atoms with E-state index in [-0.39, 0.29) is 29.3 Å². The molecule has 1 aromatic carbocycles. The Morgan fingerprint density at radius 2 is 1.91 bits per heavy atom. The molecule has 1 aliphatic heterocycles. The van der Waals surface area contributed by atoms with Gasteiger partial charge in [-0.25, -0.2) is 18.7 Å². The highest BCUT2D eigenvalue weighted by atomic mass is 19.1. The lowest BCUT2D eigenvalue weighted by atomic mass is 10.0. The molecule has 43 heavy (non-hydrogen) atoms. The van der Waals surface area contributed by atoms with E-state index >= 15 is 4.39 Å². The third-order valence-electron chi connectivity index (χ3n) is 7.48. The predicted molar refractivity (Wildman–Crippen MR) is 152 cm³/mol. The number of aromatic nitrogens is 3. The molecular formula is C30H30F2N6O5. The van der Waals surface area contributed by atoms with Crippen LogP contribution in [0.2, 0.25) is 0 Å². The summed E-state index contributed by atoms with van der Waals surface area (Å²) in [5.74, 6) is -1.29. The molecule has 13 heteroatoms. The van der Waals surface area contributed by atoms with Gasteiger partial charge >= 0.3 is 0 Å². The van der Waals surface area contributed by atoms with E-state index in [4.69, 9.17) is 14.2 Å². The molecule has 1 atom stereocenters. The Bertz CT molecular complexity index is 1590. The summed E-state index contributed by atoms with van der Waals surface area (Å²) in [6.07, 6.45) is 7.13. The second kappa shape index (κ2) is 12.4. The van der Waals surface area contributed by atoms with Gasteiger partial charge in [-0.3, -0.25) is 14.5 Å². The lowest BCUT2D eigenvalue weighted by molar-refractivity contribution is -0.133. The molecule has 3 heterocycles. The third kappa shape index (κ3) is 6.62. The molecule has 224 valence electrons. The number of carbonyl (C=O) groups is 2. The maximum Gasteiger partial charge on any atom is 0.240 e. The molecule has 1 saturated heterocycles. The van der Waals surface area contributed by atoms with Crippen molar-refractivity contribution in [1.82, 2.24) is 25.2 Å². The average Bonchev–Trinajstić information content (AvgIpc) is 3.83. The van der Waals surface area contributed by atoms with Gasteiger partial charge in [0, 0.05) is 55.8 Å². The first kappa shape index (κ1) is 28.6. The molecule has 2 aliphatic carbocycles. The fourth-order valence-corrected chi connectivity index (χ4v) is 4.79. The molecule has 0 spiro atoms.